The van der Waals surface area contributed by atoms with Gasteiger partial charge >= 0.3 is 0 Å². The minimum Gasteiger partial charge on any atom is -0.351 e. The number of hydrogen-bond donors (Lipinski definition) is 1. The molecular weight excluding hydrogens is 280 g/mol. The Morgan fingerprint density at radius 1 is 1.41 bits per heavy atom. The Labute approximate surface area is 128 Å². The molecule has 2 aromatic rings. The van der Waals surface area contributed by atoms with Gasteiger partial charge in [0.15, 0.2) is 0 Å². The summed E-state index contributed by atoms with van der Waals surface area (Å²) in [5, 5.41) is 11.6. The first kappa shape index (κ1) is 14.7. The van der Waals surface area contributed by atoms with Gasteiger partial charge in [-0.3, -0.25) is 9.59 Å². The average Bonchev–Trinajstić information content (AvgIpc) is 2.47. The largest absolute Gasteiger partial charge is 0.351 e. The van der Waals surface area contributed by atoms with Crippen molar-refractivity contribution in [2.45, 2.75) is 45.2 Å². The lowest BCUT2D eigenvalue weighted by Gasteiger charge is -2.27. The fourth-order valence-corrected chi connectivity index (χ4v) is 2.62. The quantitative estimate of drug-likeness (QED) is 0.907. The van der Waals surface area contributed by atoms with Crippen molar-refractivity contribution in [3.05, 3.63) is 34.6 Å². The summed E-state index contributed by atoms with van der Waals surface area (Å²) >= 11 is 0. The molecule has 0 spiro atoms. The number of fused-ring (bicyclic) bond motifs is 1. The second kappa shape index (κ2) is 6.25. The Morgan fingerprint density at radius 3 is 2.86 bits per heavy atom. The summed E-state index contributed by atoms with van der Waals surface area (Å²) in [5.74, 6) is 0.244. The van der Waals surface area contributed by atoms with Crippen LogP contribution in [0.2, 0.25) is 0 Å². The Bertz CT molecular complexity index is 736. The summed E-state index contributed by atoms with van der Waals surface area (Å²) in [6.07, 6.45) is 3.82. The zero-order chi connectivity index (χ0) is 15.5. The van der Waals surface area contributed by atoms with Crippen LogP contribution in [0.3, 0.4) is 0 Å². The van der Waals surface area contributed by atoms with E-state index in [1.54, 1.807) is 12.1 Å². The summed E-state index contributed by atoms with van der Waals surface area (Å²) < 4.78 is 1.34. The molecule has 3 rings (SSSR count). The third-order valence-corrected chi connectivity index (χ3v) is 4.34. The first-order valence-corrected chi connectivity index (χ1v) is 7.82. The number of carbonyl (C=O) groups is 1. The number of carbonyl (C=O) groups excluding carboxylic acids is 1. The van der Waals surface area contributed by atoms with E-state index in [4.69, 9.17) is 0 Å². The Morgan fingerprint density at radius 2 is 2.18 bits per heavy atom. The molecule has 0 radical (unpaired) electrons. The molecule has 0 saturated heterocycles. The summed E-state index contributed by atoms with van der Waals surface area (Å²) in [6, 6.07) is 7.06. The van der Waals surface area contributed by atoms with Crippen LogP contribution in [0.1, 0.15) is 32.6 Å². The highest BCUT2D eigenvalue weighted by Crippen LogP contribution is 2.26. The van der Waals surface area contributed by atoms with E-state index in [1.807, 2.05) is 19.1 Å². The van der Waals surface area contributed by atoms with Crippen LogP contribution in [-0.2, 0) is 11.3 Å². The minimum atomic E-state index is -0.165. The first-order valence-electron chi connectivity index (χ1n) is 7.82. The van der Waals surface area contributed by atoms with Gasteiger partial charge in [0.05, 0.1) is 11.9 Å². The van der Waals surface area contributed by atoms with E-state index in [-0.39, 0.29) is 23.4 Å². The second-order valence-electron chi connectivity index (χ2n) is 5.84. The smallest absolute Gasteiger partial charge is 0.277 e. The van der Waals surface area contributed by atoms with Gasteiger partial charge in [-0.2, -0.15) is 0 Å². The molecule has 0 aliphatic heterocycles. The lowest BCUT2D eigenvalue weighted by atomic mass is 9.84. The third-order valence-electron chi connectivity index (χ3n) is 4.34. The lowest BCUT2D eigenvalue weighted by molar-refractivity contribution is -0.128. The van der Waals surface area contributed by atoms with Crippen molar-refractivity contribution in [3.63, 3.8) is 0 Å². The number of hydrogen-bond acceptors (Lipinski definition) is 4. The molecule has 0 unspecified atom stereocenters. The lowest BCUT2D eigenvalue weighted by Crippen LogP contribution is -2.44. The van der Waals surface area contributed by atoms with Crippen molar-refractivity contribution in [1.82, 2.24) is 20.3 Å². The van der Waals surface area contributed by atoms with Crippen LogP contribution in [0, 0.1) is 5.92 Å². The van der Waals surface area contributed by atoms with E-state index in [2.05, 4.69) is 15.6 Å². The van der Waals surface area contributed by atoms with E-state index in [0.717, 1.165) is 25.7 Å². The topological polar surface area (TPSA) is 76.9 Å². The Kier molecular flexibility index (Phi) is 4.18. The van der Waals surface area contributed by atoms with Crippen LogP contribution >= 0.6 is 0 Å². The maximum Gasteiger partial charge on any atom is 0.277 e. The molecule has 1 saturated carbocycles. The van der Waals surface area contributed by atoms with Gasteiger partial charge in [0, 0.05) is 12.0 Å². The molecule has 6 heteroatoms. The fourth-order valence-electron chi connectivity index (χ4n) is 2.62. The van der Waals surface area contributed by atoms with Crippen LogP contribution in [0.4, 0.5) is 0 Å². The van der Waals surface area contributed by atoms with E-state index < -0.39 is 0 Å². The highest BCUT2D eigenvalue weighted by molar-refractivity contribution is 5.79. The molecule has 1 amide bonds. The molecule has 1 aliphatic rings. The monoisotopic (exact) mass is 300 g/mol. The van der Waals surface area contributed by atoms with Crippen molar-refractivity contribution < 1.29 is 4.79 Å². The van der Waals surface area contributed by atoms with Crippen LogP contribution in [0.5, 0.6) is 0 Å². The molecule has 1 heterocycles. The predicted octanol–water partition coefficient (Wildman–Crippen LogP) is 1.49. The van der Waals surface area contributed by atoms with E-state index >= 15 is 0 Å². The molecule has 1 fully saturated rings. The molecule has 6 nitrogen and oxygen atoms in total. The molecule has 116 valence electrons. The second-order valence-corrected chi connectivity index (χ2v) is 5.84. The maximum absolute atomic E-state index is 12.4. The number of nitrogens with one attached hydrogen (secondary N) is 1. The zero-order valence-corrected chi connectivity index (χ0v) is 12.7. The number of benzene rings is 1. The van der Waals surface area contributed by atoms with Gasteiger partial charge in [-0.05, 0) is 31.4 Å². The van der Waals surface area contributed by atoms with E-state index in [9.17, 15) is 9.59 Å². The van der Waals surface area contributed by atoms with Crippen molar-refractivity contribution in [1.29, 1.82) is 0 Å². The van der Waals surface area contributed by atoms with Crippen LogP contribution in [0.25, 0.3) is 10.9 Å². The highest BCUT2D eigenvalue weighted by atomic mass is 16.2. The normalized spacial score (nSPS) is 16.2. The van der Waals surface area contributed by atoms with Crippen molar-refractivity contribution in [3.8, 4) is 0 Å². The maximum atomic E-state index is 12.4. The molecule has 1 aliphatic carbocycles. The number of nitrogens with zero attached hydrogens (tertiary/aromatic N) is 3. The molecule has 1 aromatic heterocycles. The van der Waals surface area contributed by atoms with Crippen LogP contribution < -0.4 is 10.9 Å². The van der Waals surface area contributed by atoms with Gasteiger partial charge in [0.25, 0.3) is 5.56 Å². The van der Waals surface area contributed by atoms with Crippen molar-refractivity contribution >= 4 is 16.8 Å². The van der Waals surface area contributed by atoms with Gasteiger partial charge in [0.2, 0.25) is 5.91 Å². The molecule has 1 aromatic carbocycles. The summed E-state index contributed by atoms with van der Waals surface area (Å²) in [7, 11) is 0. The summed E-state index contributed by atoms with van der Waals surface area (Å²) in [5.41, 5.74) is 0.428. The zero-order valence-electron chi connectivity index (χ0n) is 12.7. The average molecular weight is 300 g/mol. The standard InChI is InChI=1S/C16H20N4O2/c1-2-12(17-15(21)11-6-5-7-11)10-20-16(22)13-8-3-4-9-14(13)18-19-20/h3-4,8-9,11-12H,2,5-7,10H2,1H3,(H,17,21)/t12-/m1/s1. The summed E-state index contributed by atoms with van der Waals surface area (Å²) in [4.78, 5) is 24.5. The number of rotatable bonds is 5. The minimum absolute atomic E-state index is 0.0961. The Balaban J connectivity index is 1.77. The molecular formula is C16H20N4O2. The SMILES string of the molecule is CC[C@H](Cn1nnc2ccccc2c1=O)NC(=O)C1CCC1. The van der Waals surface area contributed by atoms with Crippen LogP contribution in [0.15, 0.2) is 29.1 Å². The van der Waals surface area contributed by atoms with E-state index in [1.165, 1.54) is 4.68 Å². The molecule has 0 bridgehead atoms. The van der Waals surface area contributed by atoms with Gasteiger partial charge < -0.3 is 5.32 Å². The van der Waals surface area contributed by atoms with Gasteiger partial charge in [-0.1, -0.05) is 30.7 Å². The highest BCUT2D eigenvalue weighted by Gasteiger charge is 2.26. The number of amides is 1. The van der Waals surface area contributed by atoms with Gasteiger partial charge in [-0.25, -0.2) is 4.68 Å². The van der Waals surface area contributed by atoms with Crippen molar-refractivity contribution in [2.24, 2.45) is 5.92 Å². The molecule has 1 N–H and O–H groups in total. The van der Waals surface area contributed by atoms with E-state index in [0.29, 0.717) is 17.4 Å². The number of aromatic nitrogens is 3. The summed E-state index contributed by atoms with van der Waals surface area (Å²) in [6.45, 7) is 2.34. The van der Waals surface area contributed by atoms with Crippen molar-refractivity contribution in [2.75, 3.05) is 0 Å². The van der Waals surface area contributed by atoms with Gasteiger partial charge in [0.1, 0.15) is 5.52 Å². The first-order chi connectivity index (χ1) is 10.7. The van der Waals surface area contributed by atoms with Crippen LogP contribution in [-0.4, -0.2) is 26.9 Å². The predicted molar refractivity (Wildman–Crippen MR) is 83.4 cm³/mol. The van der Waals surface area contributed by atoms with Gasteiger partial charge in [-0.15, -0.1) is 5.10 Å². The molecule has 22 heavy (non-hydrogen) atoms. The third kappa shape index (κ3) is 2.86. The Hall–Kier alpha value is -2.24. The molecule has 1 atom stereocenters. The fraction of sp³-hybridized carbons (Fsp3) is 0.500.